The first-order chi connectivity index (χ1) is 25.4. The van der Waals surface area contributed by atoms with E-state index in [9.17, 15) is 23.1 Å². The molecule has 0 aliphatic carbocycles. The average Bonchev–Trinajstić information content (AvgIpc) is 3.49. The number of nitrogens with one attached hydrogen (secondary N) is 4. The first kappa shape index (κ1) is 39.1. The van der Waals surface area contributed by atoms with E-state index in [4.69, 9.17) is 0 Å². The second-order valence-corrected chi connectivity index (χ2v) is 15.0. The van der Waals surface area contributed by atoms with E-state index < -0.39 is 16.1 Å². The lowest BCUT2D eigenvalue weighted by Crippen LogP contribution is -2.32. The van der Waals surface area contributed by atoms with E-state index >= 15 is 0 Å². The van der Waals surface area contributed by atoms with E-state index in [0.717, 1.165) is 45.9 Å². The number of pyridine rings is 1. The fourth-order valence-electron chi connectivity index (χ4n) is 6.08. The topological polar surface area (TPSA) is 154 Å². The van der Waals surface area contributed by atoms with E-state index in [-0.39, 0.29) is 42.3 Å². The molecule has 2 heterocycles. The van der Waals surface area contributed by atoms with Crippen LogP contribution in [0.5, 0.6) is 0 Å². The van der Waals surface area contributed by atoms with Gasteiger partial charge in [-0.15, -0.1) is 0 Å². The Morgan fingerprint density at radius 2 is 1.49 bits per heavy atom. The van der Waals surface area contributed by atoms with Crippen molar-refractivity contribution in [3.8, 4) is 5.82 Å². The molecule has 2 aromatic heterocycles. The Morgan fingerprint density at radius 3 is 2.19 bits per heavy atom. The number of aryl methyl sites for hydroxylation is 2. The van der Waals surface area contributed by atoms with Gasteiger partial charge in [-0.1, -0.05) is 61.5 Å². The molecule has 0 bridgehead atoms. The maximum absolute atomic E-state index is 12.8. The van der Waals surface area contributed by atoms with E-state index in [1.807, 2.05) is 50.2 Å². The normalized spacial score (nSPS) is 12.6. The summed E-state index contributed by atoms with van der Waals surface area (Å²) < 4.78 is 29.1. The SMILES string of the molecule is CCNS(=O)(=O)c1cccc(CNC(=O)c2ccc(CNC(=O)Cc3cccc(C[C@@H](C)NC[C@@H](O)c4ccc(-n5c(C)ccc5C)nc4)c3)cc2)c1. The molecule has 0 saturated carbocycles. The van der Waals surface area contributed by atoms with Gasteiger partial charge in [0.1, 0.15) is 5.82 Å². The Morgan fingerprint density at radius 1 is 0.811 bits per heavy atom. The number of aromatic nitrogens is 2. The van der Waals surface area contributed by atoms with Crippen molar-refractivity contribution in [3.05, 3.63) is 148 Å². The lowest BCUT2D eigenvalue weighted by molar-refractivity contribution is -0.120. The molecule has 2 amide bonds. The predicted molar refractivity (Wildman–Crippen MR) is 206 cm³/mol. The van der Waals surface area contributed by atoms with Crippen molar-refractivity contribution in [1.82, 2.24) is 30.2 Å². The third-order valence-corrected chi connectivity index (χ3v) is 10.5. The van der Waals surface area contributed by atoms with Crippen LogP contribution in [0.2, 0.25) is 0 Å². The van der Waals surface area contributed by atoms with Crippen LogP contribution in [-0.2, 0) is 40.7 Å². The molecule has 0 fully saturated rings. The molecule has 0 aliphatic rings. The van der Waals surface area contributed by atoms with Crippen LogP contribution in [0.1, 0.15) is 69.5 Å². The molecule has 0 aliphatic heterocycles. The van der Waals surface area contributed by atoms with Crippen LogP contribution in [0.25, 0.3) is 5.82 Å². The van der Waals surface area contributed by atoms with Crippen LogP contribution in [0.15, 0.2) is 108 Å². The van der Waals surface area contributed by atoms with Crippen LogP contribution in [-0.4, -0.2) is 54.0 Å². The molecule has 3 aromatic carbocycles. The summed E-state index contributed by atoms with van der Waals surface area (Å²) in [5.41, 5.74) is 6.93. The molecule has 278 valence electrons. The predicted octanol–water partition coefficient (Wildman–Crippen LogP) is 4.83. The lowest BCUT2D eigenvalue weighted by Gasteiger charge is -2.18. The van der Waals surface area contributed by atoms with Crippen LogP contribution in [0, 0.1) is 13.8 Å². The van der Waals surface area contributed by atoms with Crippen molar-refractivity contribution in [3.63, 3.8) is 0 Å². The van der Waals surface area contributed by atoms with Crippen LogP contribution < -0.4 is 20.7 Å². The monoisotopic (exact) mass is 736 g/mol. The fraction of sp³-hybridized carbons (Fsp3) is 0.293. The smallest absolute Gasteiger partial charge is 0.251 e. The molecule has 0 saturated heterocycles. The van der Waals surface area contributed by atoms with Gasteiger partial charge in [-0.2, -0.15) is 0 Å². The Labute approximate surface area is 311 Å². The number of carbonyl (C=O) groups is 2. The van der Waals surface area contributed by atoms with Crippen molar-refractivity contribution in [1.29, 1.82) is 0 Å². The fourth-order valence-corrected chi connectivity index (χ4v) is 7.19. The number of benzene rings is 3. The maximum atomic E-state index is 12.8. The first-order valence-electron chi connectivity index (χ1n) is 17.7. The van der Waals surface area contributed by atoms with Crippen LogP contribution >= 0.6 is 0 Å². The number of hydrogen-bond acceptors (Lipinski definition) is 7. The number of rotatable bonds is 17. The van der Waals surface area contributed by atoms with E-state index in [2.05, 4.69) is 49.3 Å². The van der Waals surface area contributed by atoms with E-state index in [1.165, 1.54) is 12.1 Å². The number of aliphatic hydroxyl groups is 1. The zero-order chi connectivity index (χ0) is 38.0. The highest BCUT2D eigenvalue weighted by Gasteiger charge is 2.15. The molecule has 0 unspecified atom stereocenters. The van der Waals surface area contributed by atoms with Crippen molar-refractivity contribution in [2.45, 2.75) is 70.7 Å². The average molecular weight is 737 g/mol. The minimum absolute atomic E-state index is 0.0919. The van der Waals surface area contributed by atoms with Crippen molar-refractivity contribution < 1.29 is 23.1 Å². The molecular weight excluding hydrogens is 689 g/mol. The van der Waals surface area contributed by atoms with Gasteiger partial charge >= 0.3 is 0 Å². The molecule has 5 N–H and O–H groups in total. The molecule has 0 spiro atoms. The largest absolute Gasteiger partial charge is 0.387 e. The molecule has 0 radical (unpaired) electrons. The highest BCUT2D eigenvalue weighted by Crippen LogP contribution is 2.18. The summed E-state index contributed by atoms with van der Waals surface area (Å²) in [6.07, 6.45) is 2.00. The number of hydrogen-bond donors (Lipinski definition) is 5. The summed E-state index contributed by atoms with van der Waals surface area (Å²) in [6, 6.07) is 29.4. The third-order valence-electron chi connectivity index (χ3n) is 8.92. The molecule has 11 nitrogen and oxygen atoms in total. The molecule has 5 aromatic rings. The third kappa shape index (κ3) is 10.9. The molecule has 12 heteroatoms. The number of sulfonamides is 1. The summed E-state index contributed by atoms with van der Waals surface area (Å²) in [7, 11) is -3.59. The van der Waals surface area contributed by atoms with Gasteiger partial charge in [-0.05, 0) is 91.9 Å². The van der Waals surface area contributed by atoms with Crippen molar-refractivity contribution in [2.75, 3.05) is 13.1 Å². The minimum Gasteiger partial charge on any atom is -0.387 e. The van der Waals surface area contributed by atoms with E-state index in [1.54, 1.807) is 49.5 Å². The van der Waals surface area contributed by atoms with Gasteiger partial charge in [0, 0.05) is 60.9 Å². The van der Waals surface area contributed by atoms with Crippen molar-refractivity contribution in [2.24, 2.45) is 0 Å². The second kappa shape index (κ2) is 18.1. The highest BCUT2D eigenvalue weighted by molar-refractivity contribution is 7.89. The van der Waals surface area contributed by atoms with Gasteiger partial charge in [0.2, 0.25) is 15.9 Å². The van der Waals surface area contributed by atoms with Crippen LogP contribution in [0.3, 0.4) is 0 Å². The summed E-state index contributed by atoms with van der Waals surface area (Å²) in [4.78, 5) is 30.3. The standard InChI is InChI=1S/C41H48N6O5S/c1-5-46-53(51,52)37-11-7-10-34(22-37)25-45-41(50)35-16-14-31(15-17-35)24-44-40(49)23-33-9-6-8-32(21-33)20-28(2)42-27-38(48)36-18-19-39(43-26-36)47-29(3)12-13-30(47)4/h6-19,21-22,26,28,38,42,46,48H,5,20,23-25,27H2,1-4H3,(H,44,49)(H,45,50)/t28-,38-/m1/s1. The second-order valence-electron chi connectivity index (χ2n) is 13.2. The molecule has 53 heavy (non-hydrogen) atoms. The van der Waals surface area contributed by atoms with Gasteiger partial charge in [0.15, 0.2) is 0 Å². The summed E-state index contributed by atoms with van der Waals surface area (Å²) >= 11 is 0. The van der Waals surface area contributed by atoms with Gasteiger partial charge in [-0.3, -0.25) is 9.59 Å². The zero-order valence-corrected chi connectivity index (χ0v) is 31.4. The zero-order valence-electron chi connectivity index (χ0n) is 30.6. The summed E-state index contributed by atoms with van der Waals surface area (Å²) in [5, 5.41) is 20.0. The summed E-state index contributed by atoms with van der Waals surface area (Å²) in [5.74, 6) is 0.423. The molecular formula is C41H48N6O5S. The number of amides is 2. The maximum Gasteiger partial charge on any atom is 0.251 e. The van der Waals surface area contributed by atoms with Gasteiger partial charge < -0.3 is 25.6 Å². The Balaban J connectivity index is 1.04. The van der Waals surface area contributed by atoms with Gasteiger partial charge in [0.05, 0.1) is 17.4 Å². The minimum atomic E-state index is -3.59. The Hall–Kier alpha value is -5.14. The summed E-state index contributed by atoms with van der Waals surface area (Å²) in [6.45, 7) is 9.03. The van der Waals surface area contributed by atoms with Gasteiger partial charge in [-0.25, -0.2) is 18.1 Å². The van der Waals surface area contributed by atoms with Crippen LogP contribution in [0.4, 0.5) is 0 Å². The first-order valence-corrected chi connectivity index (χ1v) is 19.2. The van der Waals surface area contributed by atoms with Crippen molar-refractivity contribution >= 4 is 21.8 Å². The Kier molecular flexibility index (Phi) is 13.3. The number of aliphatic hydroxyl groups excluding tert-OH is 1. The number of carbonyl (C=O) groups excluding carboxylic acids is 2. The number of nitrogens with zero attached hydrogens (tertiary/aromatic N) is 2. The molecule has 2 atom stereocenters. The molecule has 5 rings (SSSR count). The quantitative estimate of drug-likeness (QED) is 0.0917. The Bertz CT molecular complexity index is 2090. The van der Waals surface area contributed by atoms with Gasteiger partial charge in [0.25, 0.3) is 5.91 Å². The highest BCUT2D eigenvalue weighted by atomic mass is 32.2. The van der Waals surface area contributed by atoms with E-state index in [0.29, 0.717) is 24.2 Å². The lowest BCUT2D eigenvalue weighted by atomic mass is 10.0.